The first-order valence-corrected chi connectivity index (χ1v) is 6.18. The lowest BCUT2D eigenvalue weighted by Gasteiger charge is -2.21. The Kier molecular flexibility index (Phi) is 5.11. The zero-order valence-corrected chi connectivity index (χ0v) is 11.4. The van der Waals surface area contributed by atoms with Crippen LogP contribution in [0.25, 0.3) is 0 Å². The summed E-state index contributed by atoms with van der Waals surface area (Å²) in [6.45, 7) is 6.74. The van der Waals surface area contributed by atoms with Gasteiger partial charge < -0.3 is 16.2 Å². The maximum Gasteiger partial charge on any atom is 0.146 e. The van der Waals surface area contributed by atoms with Crippen LogP contribution in [0.15, 0.2) is 18.2 Å². The van der Waals surface area contributed by atoms with Crippen molar-refractivity contribution in [3.8, 4) is 5.75 Å². The minimum absolute atomic E-state index is 0.00622. The summed E-state index contributed by atoms with van der Waals surface area (Å²) in [5, 5.41) is 0. The topological polar surface area (TPSA) is 61.3 Å². The van der Waals surface area contributed by atoms with Crippen LogP contribution in [0.4, 0.5) is 4.39 Å². The highest BCUT2D eigenvalue weighted by Gasteiger charge is 2.16. The van der Waals surface area contributed by atoms with E-state index in [9.17, 15) is 4.39 Å². The molecule has 0 fully saturated rings. The molecule has 0 saturated heterocycles. The number of rotatable bonds is 5. The van der Waals surface area contributed by atoms with E-state index in [0.717, 1.165) is 11.1 Å². The van der Waals surface area contributed by atoms with Gasteiger partial charge in [0.15, 0.2) is 0 Å². The summed E-state index contributed by atoms with van der Waals surface area (Å²) in [6, 6.07) is 5.84. The first-order valence-electron chi connectivity index (χ1n) is 6.18. The number of benzene rings is 1. The maximum absolute atomic E-state index is 13.1. The van der Waals surface area contributed by atoms with Crippen LogP contribution < -0.4 is 16.2 Å². The van der Waals surface area contributed by atoms with Crippen molar-refractivity contribution in [3.05, 3.63) is 29.3 Å². The average molecular weight is 254 g/mol. The van der Waals surface area contributed by atoms with Gasteiger partial charge in [0.2, 0.25) is 0 Å². The molecule has 0 aliphatic rings. The molecule has 0 heterocycles. The molecule has 0 aliphatic carbocycles. The van der Waals surface area contributed by atoms with Crippen molar-refractivity contribution in [2.45, 2.75) is 38.9 Å². The fourth-order valence-electron chi connectivity index (χ4n) is 1.55. The molecular formula is C14H23FN2O. The van der Waals surface area contributed by atoms with Gasteiger partial charge >= 0.3 is 0 Å². The first kappa shape index (κ1) is 14.9. The van der Waals surface area contributed by atoms with Crippen molar-refractivity contribution in [1.29, 1.82) is 0 Å². The minimum Gasteiger partial charge on any atom is -0.490 e. The highest BCUT2D eigenvalue weighted by atomic mass is 19.1. The van der Waals surface area contributed by atoms with Gasteiger partial charge in [0, 0.05) is 13.1 Å². The molecule has 3 nitrogen and oxygen atoms in total. The van der Waals surface area contributed by atoms with Crippen LogP contribution in [0.3, 0.4) is 0 Å². The summed E-state index contributed by atoms with van der Waals surface area (Å²) in [6.07, 6.45) is -1.13. The first-order chi connectivity index (χ1) is 8.36. The molecule has 0 saturated carbocycles. The quantitative estimate of drug-likeness (QED) is 0.846. The van der Waals surface area contributed by atoms with E-state index in [2.05, 4.69) is 26.8 Å². The van der Waals surface area contributed by atoms with E-state index in [1.54, 1.807) is 0 Å². The van der Waals surface area contributed by atoms with Gasteiger partial charge in [-0.1, -0.05) is 26.8 Å². The van der Waals surface area contributed by atoms with Crippen molar-refractivity contribution in [2.75, 3.05) is 13.2 Å². The molecule has 0 aromatic heterocycles. The summed E-state index contributed by atoms with van der Waals surface area (Å²) in [5.41, 5.74) is 13.0. The monoisotopic (exact) mass is 254 g/mol. The van der Waals surface area contributed by atoms with Crippen LogP contribution in [-0.2, 0) is 12.0 Å². The number of halogens is 1. The van der Waals surface area contributed by atoms with Crippen LogP contribution in [-0.4, -0.2) is 19.3 Å². The lowest BCUT2D eigenvalue weighted by molar-refractivity contribution is 0.200. The zero-order chi connectivity index (χ0) is 13.8. The Bertz CT molecular complexity index is 388. The zero-order valence-electron chi connectivity index (χ0n) is 11.4. The minimum atomic E-state index is -1.13. The Morgan fingerprint density at radius 3 is 2.39 bits per heavy atom. The van der Waals surface area contributed by atoms with Crippen LogP contribution >= 0.6 is 0 Å². The van der Waals surface area contributed by atoms with Crippen molar-refractivity contribution < 1.29 is 9.13 Å². The summed E-state index contributed by atoms with van der Waals surface area (Å²) < 4.78 is 18.5. The smallest absolute Gasteiger partial charge is 0.146 e. The van der Waals surface area contributed by atoms with Crippen LogP contribution in [0.2, 0.25) is 0 Å². The van der Waals surface area contributed by atoms with E-state index < -0.39 is 6.17 Å². The molecule has 102 valence electrons. The van der Waals surface area contributed by atoms with E-state index in [4.69, 9.17) is 16.2 Å². The van der Waals surface area contributed by atoms with Crippen molar-refractivity contribution in [1.82, 2.24) is 0 Å². The lowest BCUT2D eigenvalue weighted by atomic mass is 9.86. The number of alkyl halides is 1. The fourth-order valence-corrected chi connectivity index (χ4v) is 1.55. The Hall–Kier alpha value is -1.13. The highest BCUT2D eigenvalue weighted by molar-refractivity contribution is 5.37. The molecule has 1 rings (SSSR count). The van der Waals surface area contributed by atoms with E-state index >= 15 is 0 Å². The standard InChI is InChI=1S/C14H23FN2O/c1-14(2,3)11-4-10(7-16)5-13(6-11)18-9-12(15)8-17/h4-6,12H,7-9,16-17H2,1-3H3/t12-/m1/s1. The van der Waals surface area contributed by atoms with Gasteiger partial charge in [0.1, 0.15) is 18.5 Å². The van der Waals surface area contributed by atoms with E-state index in [0.29, 0.717) is 12.3 Å². The Morgan fingerprint density at radius 1 is 1.22 bits per heavy atom. The Balaban J connectivity index is 2.91. The molecule has 18 heavy (non-hydrogen) atoms. The molecule has 0 amide bonds. The largest absolute Gasteiger partial charge is 0.490 e. The summed E-state index contributed by atoms with van der Waals surface area (Å²) in [5.74, 6) is 0.652. The molecule has 1 atom stereocenters. The van der Waals surface area contributed by atoms with Crippen LogP contribution in [0.1, 0.15) is 31.9 Å². The van der Waals surface area contributed by atoms with Gasteiger partial charge in [-0.2, -0.15) is 0 Å². The molecule has 0 spiro atoms. The number of hydrogen-bond donors (Lipinski definition) is 2. The van der Waals surface area contributed by atoms with E-state index in [-0.39, 0.29) is 18.6 Å². The van der Waals surface area contributed by atoms with Crippen molar-refractivity contribution >= 4 is 0 Å². The summed E-state index contributed by atoms with van der Waals surface area (Å²) >= 11 is 0. The van der Waals surface area contributed by atoms with Gasteiger partial charge in [-0.05, 0) is 28.7 Å². The van der Waals surface area contributed by atoms with Gasteiger partial charge in [0.05, 0.1) is 0 Å². The highest BCUT2D eigenvalue weighted by Crippen LogP contribution is 2.27. The summed E-state index contributed by atoms with van der Waals surface area (Å²) in [4.78, 5) is 0. The second-order valence-electron chi connectivity index (χ2n) is 5.46. The molecule has 1 aromatic rings. The number of hydrogen-bond acceptors (Lipinski definition) is 3. The van der Waals surface area contributed by atoms with Gasteiger partial charge in [-0.15, -0.1) is 0 Å². The van der Waals surface area contributed by atoms with Crippen molar-refractivity contribution in [2.24, 2.45) is 11.5 Å². The molecule has 0 bridgehead atoms. The second kappa shape index (κ2) is 6.16. The SMILES string of the molecule is CC(C)(C)c1cc(CN)cc(OC[C@H](F)CN)c1. The third-order valence-electron chi connectivity index (χ3n) is 2.75. The Morgan fingerprint density at radius 2 is 1.89 bits per heavy atom. The maximum atomic E-state index is 13.1. The Labute approximate surface area is 108 Å². The van der Waals surface area contributed by atoms with Crippen LogP contribution in [0, 0.1) is 0 Å². The molecule has 4 heteroatoms. The van der Waals surface area contributed by atoms with Crippen molar-refractivity contribution in [3.63, 3.8) is 0 Å². The molecule has 0 aliphatic heterocycles. The van der Waals surface area contributed by atoms with E-state index in [1.165, 1.54) is 0 Å². The number of nitrogens with two attached hydrogens (primary N) is 2. The second-order valence-corrected chi connectivity index (χ2v) is 5.46. The van der Waals surface area contributed by atoms with Gasteiger partial charge in [0.25, 0.3) is 0 Å². The lowest BCUT2D eigenvalue weighted by Crippen LogP contribution is -2.22. The molecule has 0 unspecified atom stereocenters. The predicted molar refractivity (Wildman–Crippen MR) is 72.5 cm³/mol. The van der Waals surface area contributed by atoms with Gasteiger partial charge in [-0.3, -0.25) is 0 Å². The van der Waals surface area contributed by atoms with E-state index in [1.807, 2.05) is 12.1 Å². The summed E-state index contributed by atoms with van der Waals surface area (Å²) in [7, 11) is 0. The average Bonchev–Trinajstić information content (AvgIpc) is 2.34. The molecule has 4 N–H and O–H groups in total. The molecule has 0 radical (unpaired) electrons. The third-order valence-corrected chi connectivity index (χ3v) is 2.75. The molecule has 1 aromatic carbocycles. The third kappa shape index (κ3) is 4.27. The molecular weight excluding hydrogens is 231 g/mol. The van der Waals surface area contributed by atoms with Gasteiger partial charge in [-0.25, -0.2) is 4.39 Å². The normalized spacial score (nSPS) is 13.4. The number of ether oxygens (including phenoxy) is 1. The fraction of sp³-hybridized carbons (Fsp3) is 0.571. The van der Waals surface area contributed by atoms with Crippen LogP contribution in [0.5, 0.6) is 5.75 Å². The predicted octanol–water partition coefficient (Wildman–Crippen LogP) is 2.12.